The zero-order chi connectivity index (χ0) is 21.6. The smallest absolute Gasteiger partial charge is 0.223 e. The second-order valence-electron chi connectivity index (χ2n) is 9.21. The molecule has 1 aliphatic heterocycles. The third-order valence-corrected chi connectivity index (χ3v) is 6.74. The number of nitrogens with zero attached hydrogens (tertiary/aromatic N) is 2. The summed E-state index contributed by atoms with van der Waals surface area (Å²) in [5.74, 6) is 1.12. The SMILES string of the molecule is CC(=O)N1CCC(Cc2ccc(CN(C(=O)CCc3ccccc3)C3CC3)cc2)CC1. The third-order valence-electron chi connectivity index (χ3n) is 6.74. The highest BCUT2D eigenvalue weighted by Crippen LogP contribution is 2.29. The Hall–Kier alpha value is -2.62. The average Bonchev–Trinajstić information content (AvgIpc) is 3.63. The molecule has 2 amide bonds. The molecular formula is C27H34N2O2. The number of carbonyl (C=O) groups is 2. The maximum Gasteiger partial charge on any atom is 0.223 e. The van der Waals surface area contributed by atoms with Gasteiger partial charge in [0.05, 0.1) is 0 Å². The molecule has 2 fully saturated rings. The van der Waals surface area contributed by atoms with Gasteiger partial charge >= 0.3 is 0 Å². The Bertz CT molecular complexity index is 866. The van der Waals surface area contributed by atoms with Crippen LogP contribution in [0.15, 0.2) is 54.6 Å². The van der Waals surface area contributed by atoms with E-state index < -0.39 is 0 Å². The number of likely N-dealkylation sites (tertiary alicyclic amines) is 1. The Morgan fingerprint density at radius 2 is 1.52 bits per heavy atom. The van der Waals surface area contributed by atoms with Crippen molar-refractivity contribution in [2.24, 2.45) is 5.92 Å². The Kier molecular flexibility index (Phi) is 7.06. The van der Waals surface area contributed by atoms with Gasteiger partial charge in [-0.3, -0.25) is 9.59 Å². The lowest BCUT2D eigenvalue weighted by molar-refractivity contribution is -0.132. The first-order chi connectivity index (χ1) is 15.1. The van der Waals surface area contributed by atoms with Crippen LogP contribution in [0.2, 0.25) is 0 Å². The third kappa shape index (κ3) is 6.19. The number of amides is 2. The lowest BCUT2D eigenvalue weighted by atomic mass is 9.90. The number of piperidine rings is 1. The highest BCUT2D eigenvalue weighted by molar-refractivity contribution is 5.77. The van der Waals surface area contributed by atoms with Crippen molar-refractivity contribution in [3.63, 3.8) is 0 Å². The number of hydrogen-bond acceptors (Lipinski definition) is 2. The van der Waals surface area contributed by atoms with Crippen molar-refractivity contribution in [1.82, 2.24) is 9.80 Å². The van der Waals surface area contributed by atoms with Crippen LogP contribution in [0.4, 0.5) is 0 Å². The van der Waals surface area contributed by atoms with E-state index >= 15 is 0 Å². The van der Waals surface area contributed by atoms with Crippen molar-refractivity contribution in [2.75, 3.05) is 13.1 Å². The second kappa shape index (κ2) is 10.1. The molecule has 2 aliphatic rings. The van der Waals surface area contributed by atoms with Crippen LogP contribution in [0, 0.1) is 5.92 Å². The van der Waals surface area contributed by atoms with Gasteiger partial charge in [-0.15, -0.1) is 0 Å². The first kappa shape index (κ1) is 21.6. The van der Waals surface area contributed by atoms with Crippen LogP contribution in [-0.2, 0) is 29.0 Å². The van der Waals surface area contributed by atoms with Gasteiger partial charge in [0, 0.05) is 39.0 Å². The van der Waals surface area contributed by atoms with E-state index in [-0.39, 0.29) is 11.8 Å². The molecule has 2 aromatic rings. The summed E-state index contributed by atoms with van der Waals surface area (Å²) in [5, 5.41) is 0. The first-order valence-corrected chi connectivity index (χ1v) is 11.7. The van der Waals surface area contributed by atoms with E-state index in [0.29, 0.717) is 18.4 Å². The van der Waals surface area contributed by atoms with Crippen LogP contribution in [0.25, 0.3) is 0 Å². The second-order valence-corrected chi connectivity index (χ2v) is 9.21. The topological polar surface area (TPSA) is 40.6 Å². The maximum atomic E-state index is 12.9. The molecule has 31 heavy (non-hydrogen) atoms. The zero-order valence-corrected chi connectivity index (χ0v) is 18.6. The van der Waals surface area contributed by atoms with Gasteiger partial charge in [-0.2, -0.15) is 0 Å². The predicted molar refractivity (Wildman–Crippen MR) is 123 cm³/mol. The average molecular weight is 419 g/mol. The standard InChI is InChI=1S/C27H34N2O2/c1-21(30)28-17-15-24(16-18-28)19-23-7-9-25(10-8-23)20-29(26-12-13-26)27(31)14-11-22-5-3-2-4-6-22/h2-10,24,26H,11-20H2,1H3. The maximum absolute atomic E-state index is 12.9. The van der Waals surface area contributed by atoms with Crippen LogP contribution in [0.1, 0.15) is 55.7 Å². The van der Waals surface area contributed by atoms with Crippen molar-refractivity contribution in [2.45, 2.75) is 64.5 Å². The van der Waals surface area contributed by atoms with Crippen LogP contribution < -0.4 is 0 Å². The summed E-state index contributed by atoms with van der Waals surface area (Å²) >= 11 is 0. The van der Waals surface area contributed by atoms with Crippen molar-refractivity contribution in [3.05, 3.63) is 71.3 Å². The minimum Gasteiger partial charge on any atom is -0.343 e. The molecule has 1 saturated heterocycles. The fraction of sp³-hybridized carbons (Fsp3) is 0.481. The van der Waals surface area contributed by atoms with E-state index in [4.69, 9.17) is 0 Å². The van der Waals surface area contributed by atoms with Crippen LogP contribution in [0.3, 0.4) is 0 Å². The van der Waals surface area contributed by atoms with E-state index in [0.717, 1.165) is 58.2 Å². The van der Waals surface area contributed by atoms with Gasteiger partial charge in [-0.05, 0) is 61.1 Å². The summed E-state index contributed by atoms with van der Waals surface area (Å²) in [6.07, 6.45) is 6.91. The van der Waals surface area contributed by atoms with Gasteiger partial charge in [0.1, 0.15) is 0 Å². The lowest BCUT2D eigenvalue weighted by Gasteiger charge is -2.31. The number of rotatable bonds is 8. The summed E-state index contributed by atoms with van der Waals surface area (Å²) in [6.45, 7) is 4.16. The van der Waals surface area contributed by atoms with Gasteiger partial charge in [0.15, 0.2) is 0 Å². The summed E-state index contributed by atoms with van der Waals surface area (Å²) in [5.41, 5.74) is 3.80. The molecule has 0 spiro atoms. The Balaban J connectivity index is 1.28. The molecule has 1 heterocycles. The largest absolute Gasteiger partial charge is 0.343 e. The molecule has 0 aromatic heterocycles. The van der Waals surface area contributed by atoms with Gasteiger partial charge in [-0.25, -0.2) is 0 Å². The molecule has 0 unspecified atom stereocenters. The van der Waals surface area contributed by atoms with Crippen molar-refractivity contribution in [1.29, 1.82) is 0 Å². The predicted octanol–water partition coefficient (Wildman–Crippen LogP) is 4.61. The molecule has 4 rings (SSSR count). The summed E-state index contributed by atoms with van der Waals surface area (Å²) in [4.78, 5) is 28.5. The van der Waals surface area contributed by atoms with E-state index in [1.165, 1.54) is 16.7 Å². The first-order valence-electron chi connectivity index (χ1n) is 11.7. The molecular weight excluding hydrogens is 384 g/mol. The van der Waals surface area contributed by atoms with E-state index in [2.05, 4.69) is 41.3 Å². The van der Waals surface area contributed by atoms with E-state index in [9.17, 15) is 9.59 Å². The normalized spacial score (nSPS) is 16.9. The number of benzene rings is 2. The monoisotopic (exact) mass is 418 g/mol. The zero-order valence-electron chi connectivity index (χ0n) is 18.6. The highest BCUT2D eigenvalue weighted by atomic mass is 16.2. The Morgan fingerprint density at radius 1 is 0.871 bits per heavy atom. The van der Waals surface area contributed by atoms with E-state index in [1.54, 1.807) is 6.92 Å². The molecule has 0 atom stereocenters. The summed E-state index contributed by atoms with van der Waals surface area (Å²) in [6, 6.07) is 19.5. The molecule has 164 valence electrons. The van der Waals surface area contributed by atoms with Gasteiger partial charge in [0.25, 0.3) is 0 Å². The number of carbonyl (C=O) groups excluding carboxylic acids is 2. The highest BCUT2D eigenvalue weighted by Gasteiger charge is 2.32. The summed E-state index contributed by atoms with van der Waals surface area (Å²) < 4.78 is 0. The van der Waals surface area contributed by atoms with Crippen molar-refractivity contribution >= 4 is 11.8 Å². The minimum absolute atomic E-state index is 0.196. The molecule has 1 saturated carbocycles. The molecule has 1 aliphatic carbocycles. The molecule has 4 nitrogen and oxygen atoms in total. The number of hydrogen-bond donors (Lipinski definition) is 0. The number of aryl methyl sites for hydroxylation is 1. The lowest BCUT2D eigenvalue weighted by Crippen LogP contribution is -2.37. The molecule has 0 radical (unpaired) electrons. The van der Waals surface area contributed by atoms with E-state index in [1.807, 2.05) is 23.1 Å². The minimum atomic E-state index is 0.196. The molecule has 2 aromatic carbocycles. The fourth-order valence-electron chi connectivity index (χ4n) is 4.61. The van der Waals surface area contributed by atoms with Crippen molar-refractivity contribution in [3.8, 4) is 0 Å². The Morgan fingerprint density at radius 3 is 2.13 bits per heavy atom. The van der Waals surface area contributed by atoms with Crippen molar-refractivity contribution < 1.29 is 9.59 Å². The fourth-order valence-corrected chi connectivity index (χ4v) is 4.61. The van der Waals surface area contributed by atoms with Gasteiger partial charge in [0.2, 0.25) is 11.8 Å². The molecule has 0 bridgehead atoms. The Labute approximate surface area is 186 Å². The van der Waals surface area contributed by atoms with Crippen LogP contribution in [0.5, 0.6) is 0 Å². The molecule has 0 N–H and O–H groups in total. The van der Waals surface area contributed by atoms with Gasteiger partial charge in [-0.1, -0.05) is 54.6 Å². The molecule has 4 heteroatoms. The quantitative estimate of drug-likeness (QED) is 0.628. The van der Waals surface area contributed by atoms with Crippen LogP contribution in [-0.4, -0.2) is 40.7 Å². The van der Waals surface area contributed by atoms with Crippen LogP contribution >= 0.6 is 0 Å². The summed E-state index contributed by atoms with van der Waals surface area (Å²) in [7, 11) is 0. The van der Waals surface area contributed by atoms with Gasteiger partial charge < -0.3 is 9.80 Å².